The maximum absolute atomic E-state index is 14.0. The number of aliphatic hydroxyl groups excluding tert-OH is 2. The molecule has 20 nitrogen and oxygen atoms in total. The van der Waals surface area contributed by atoms with Gasteiger partial charge in [-0.25, -0.2) is 28.3 Å². The van der Waals surface area contributed by atoms with Gasteiger partial charge in [-0.15, -0.1) is 0 Å². The van der Waals surface area contributed by atoms with Gasteiger partial charge in [-0.05, 0) is 49.2 Å². The van der Waals surface area contributed by atoms with Gasteiger partial charge in [0.05, 0.1) is 47.6 Å². The van der Waals surface area contributed by atoms with E-state index < -0.39 is 35.4 Å². The summed E-state index contributed by atoms with van der Waals surface area (Å²) < 4.78 is 49.7. The first-order chi connectivity index (χ1) is 39.5. The van der Waals surface area contributed by atoms with E-state index in [1.807, 2.05) is 47.1 Å². The van der Waals surface area contributed by atoms with Crippen molar-refractivity contribution in [1.82, 2.24) is 9.15 Å². The minimum absolute atomic E-state index is 0.00622. The zero-order valence-electron chi connectivity index (χ0n) is 46.4. The lowest BCUT2D eigenvalue weighted by atomic mass is 9.81. The summed E-state index contributed by atoms with van der Waals surface area (Å²) in [6.07, 6.45) is 5.10. The van der Waals surface area contributed by atoms with Gasteiger partial charge in [0, 0.05) is 135 Å². The van der Waals surface area contributed by atoms with Gasteiger partial charge >= 0.3 is 23.9 Å². The summed E-state index contributed by atoms with van der Waals surface area (Å²) in [5.74, 6) is -5.02. The van der Waals surface area contributed by atoms with E-state index >= 15 is 0 Å². The summed E-state index contributed by atoms with van der Waals surface area (Å²) >= 11 is 0. The molecular formula is C62H66N4O16+2. The second kappa shape index (κ2) is 28.4. The summed E-state index contributed by atoms with van der Waals surface area (Å²) in [6, 6.07) is 19.4. The number of likely N-dealkylation sites (N-methyl/N-ethyl adjacent to an activating group) is 4. The highest BCUT2D eigenvalue weighted by Crippen LogP contribution is 2.43. The average molecular weight is 1120 g/mol. The molecule has 0 atom stereocenters. The van der Waals surface area contributed by atoms with Gasteiger partial charge in [-0.1, -0.05) is 26.3 Å². The normalized spacial score (nSPS) is 19.1. The Balaban J connectivity index is 1.14. The first-order valence-electron chi connectivity index (χ1n) is 26.3. The molecule has 16 heterocycles. The molecule has 0 saturated carbocycles. The number of nitrogens with zero attached hydrogens (tertiary/aromatic N) is 4. The number of benzene rings is 4. The van der Waals surface area contributed by atoms with Gasteiger partial charge in [0.15, 0.2) is 13.1 Å². The molecule has 428 valence electrons. The van der Waals surface area contributed by atoms with Crippen molar-refractivity contribution < 1.29 is 76.9 Å². The molecule has 2 N–H and O–H groups in total. The molecule has 12 bridgehead atoms. The Bertz CT molecular complexity index is 3350. The molecule has 0 radical (unpaired) electrons. The van der Waals surface area contributed by atoms with E-state index in [0.29, 0.717) is 114 Å². The average Bonchev–Trinajstić information content (AvgIpc) is 3.24. The predicted molar refractivity (Wildman–Crippen MR) is 307 cm³/mol. The molecule has 0 aromatic heterocycles. The van der Waals surface area contributed by atoms with Crippen LogP contribution in [0.4, 0.5) is 11.4 Å². The zero-order chi connectivity index (χ0) is 59.0. The van der Waals surface area contributed by atoms with Gasteiger partial charge < -0.3 is 57.9 Å². The topological polar surface area (TPSA) is 229 Å². The highest BCUT2D eigenvalue weighted by atomic mass is 16.5. The van der Waals surface area contributed by atoms with Crippen LogP contribution in [0.1, 0.15) is 24.0 Å². The van der Waals surface area contributed by atoms with E-state index in [9.17, 15) is 39.0 Å². The van der Waals surface area contributed by atoms with E-state index in [2.05, 4.69) is 26.3 Å². The molecule has 20 heteroatoms. The van der Waals surface area contributed by atoms with Crippen LogP contribution in [-0.4, -0.2) is 153 Å². The van der Waals surface area contributed by atoms with Crippen LogP contribution in [-0.2, 0) is 47.7 Å². The van der Waals surface area contributed by atoms with E-state index in [4.69, 9.17) is 37.9 Å². The Hall–Kier alpha value is -9.08. The van der Waals surface area contributed by atoms with Crippen LogP contribution in [0.5, 0.6) is 23.0 Å². The number of anilines is 2. The highest BCUT2D eigenvalue weighted by molar-refractivity contribution is 6.52. The van der Waals surface area contributed by atoms with Crippen LogP contribution >= 0.6 is 0 Å². The molecule has 18 aliphatic rings. The number of carbonyl (C=O) groups is 6. The van der Waals surface area contributed by atoms with Gasteiger partial charge in [-0.2, -0.15) is 0 Å². The molecule has 4 aromatic carbocycles. The fraction of sp³-hybridized carbons (Fsp3) is 0.290. The minimum Gasteiger partial charge on any atom is -0.506 e. The molecule has 22 rings (SSSR count). The SMILES string of the molecule is C=CC(=O)Oc1cc2ccc1C1=C(O)/C(=c3\cc/c(cc3OC(=O)C=C)=[N+](/C)CCOCCCOCC/[N+](C)=c3\cc/c(c(OC(=O)C=C)c3)=C3/C(=O)C(=C3O)c3ccc(cc3OC(=O)C=C)N(C)CCOCCCOCCN2C)C1=O. The Labute approximate surface area is 473 Å². The Morgan fingerprint density at radius 2 is 0.817 bits per heavy atom. The minimum atomic E-state index is -0.781. The summed E-state index contributed by atoms with van der Waals surface area (Å²) in [6.45, 7) is 18.6. The van der Waals surface area contributed by atoms with Crippen LogP contribution in [0, 0.1) is 0 Å². The maximum atomic E-state index is 14.0. The molecule has 0 amide bonds. The number of ketones is 2. The number of carbonyl (C=O) groups excluding carboxylic acids is 6. The fourth-order valence-electron chi connectivity index (χ4n) is 8.82. The van der Waals surface area contributed by atoms with Crippen molar-refractivity contribution >= 4 is 69.1 Å². The van der Waals surface area contributed by atoms with Gasteiger partial charge in [0.25, 0.3) is 0 Å². The summed E-state index contributed by atoms with van der Waals surface area (Å²) in [5, 5.41) is 24.7. The first-order valence-corrected chi connectivity index (χ1v) is 26.3. The molecule has 2 aliphatic carbocycles. The van der Waals surface area contributed by atoms with Crippen molar-refractivity contribution in [1.29, 1.82) is 0 Å². The number of aliphatic hydroxyl groups is 2. The third-order valence-corrected chi connectivity index (χ3v) is 13.5. The lowest BCUT2D eigenvalue weighted by molar-refractivity contribution is -0.129. The Kier molecular flexibility index (Phi) is 21.0. The Morgan fingerprint density at radius 3 is 1.16 bits per heavy atom. The number of rotatable bonds is 8. The number of allylic oxidation sites excluding steroid dienone is 4. The number of Topliss-reactive ketones (excluding diaryl/α,β-unsaturated/α-hetero) is 2. The number of ether oxygens (including phenoxy) is 8. The molecule has 0 spiro atoms. The number of hydrogen-bond donors (Lipinski definition) is 2. The second-order valence-electron chi connectivity index (χ2n) is 18.9. The van der Waals surface area contributed by atoms with Gasteiger partial charge in [0.1, 0.15) is 61.8 Å². The first kappa shape index (κ1) is 60.6. The molecule has 0 fully saturated rings. The van der Waals surface area contributed by atoms with Crippen molar-refractivity contribution in [2.75, 3.05) is 117 Å². The standard InChI is InChI=1S/C62H64N4O16/c1-9-51(67)79-47-35-39-15-19-43(47)55-59(71)56(60(55)72)44-20-16-40(36-48(44)80-52(68)10-2)64(6)24-32-77-29-14-30-78-34-26-66(8)42-18-22-46(50(38-42)82-54(70)12-4)58-61(73)57(62(58)74)45-21-17-41(37-49(45)81-53(69)11-3)65(7)25-33-76-28-13-27-75-31-23-63(39)5/h9-12,15-22,35-38H,1-4,13-14,23-34H2,5-8H3/p+2. The molecule has 0 unspecified atom stereocenters. The number of esters is 4. The Morgan fingerprint density at radius 1 is 0.476 bits per heavy atom. The second-order valence-corrected chi connectivity index (χ2v) is 18.9. The molecule has 82 heavy (non-hydrogen) atoms. The van der Waals surface area contributed by atoms with Crippen molar-refractivity contribution in [3.05, 3.63) is 167 Å². The smallest absolute Gasteiger partial charge is 0.335 e. The fourth-order valence-corrected chi connectivity index (χ4v) is 8.82. The van der Waals surface area contributed by atoms with E-state index in [0.717, 1.165) is 24.3 Å². The van der Waals surface area contributed by atoms with Crippen molar-refractivity contribution in [2.45, 2.75) is 12.8 Å². The van der Waals surface area contributed by atoms with E-state index in [-0.39, 0.29) is 78.4 Å². The zero-order valence-corrected chi connectivity index (χ0v) is 46.4. The van der Waals surface area contributed by atoms with E-state index in [1.54, 1.807) is 72.8 Å². The summed E-state index contributed by atoms with van der Waals surface area (Å²) in [7, 11) is 7.26. The van der Waals surface area contributed by atoms with E-state index in [1.165, 1.54) is 0 Å². The van der Waals surface area contributed by atoms with Crippen LogP contribution in [0.25, 0.3) is 22.3 Å². The summed E-state index contributed by atoms with van der Waals surface area (Å²) in [5.41, 5.74) is 1.17. The van der Waals surface area contributed by atoms with Crippen molar-refractivity contribution in [3.63, 3.8) is 0 Å². The molecular weight excluding hydrogens is 1060 g/mol. The molecule has 16 aliphatic heterocycles. The third kappa shape index (κ3) is 14.4. The highest BCUT2D eigenvalue weighted by Gasteiger charge is 2.40. The van der Waals surface area contributed by atoms with Crippen molar-refractivity contribution in [2.24, 2.45) is 0 Å². The van der Waals surface area contributed by atoms with Gasteiger partial charge in [0.2, 0.25) is 22.3 Å². The predicted octanol–water partition coefficient (Wildman–Crippen LogP) is 3.13. The largest absolute Gasteiger partial charge is 0.506 e. The van der Waals surface area contributed by atoms with Crippen LogP contribution in [0.15, 0.2) is 135 Å². The lowest BCUT2D eigenvalue weighted by Crippen LogP contribution is -2.33. The number of hydrogen-bond acceptors (Lipinski definition) is 18. The third-order valence-electron chi connectivity index (χ3n) is 13.5. The van der Waals surface area contributed by atoms with Crippen LogP contribution in [0.3, 0.4) is 0 Å². The van der Waals surface area contributed by atoms with Crippen LogP contribution in [0.2, 0.25) is 0 Å². The summed E-state index contributed by atoms with van der Waals surface area (Å²) in [4.78, 5) is 82.1. The maximum Gasteiger partial charge on any atom is 0.335 e. The monoisotopic (exact) mass is 1120 g/mol. The van der Waals surface area contributed by atoms with Gasteiger partial charge in [-0.3, -0.25) is 9.59 Å². The quantitative estimate of drug-likeness (QED) is 0.112. The van der Waals surface area contributed by atoms with Crippen molar-refractivity contribution in [3.8, 4) is 23.0 Å². The molecule has 0 saturated heterocycles. The molecule has 4 aromatic rings. The van der Waals surface area contributed by atoms with Crippen LogP contribution < -0.4 is 59.1 Å². The lowest BCUT2D eigenvalue weighted by Gasteiger charge is -2.25.